The summed E-state index contributed by atoms with van der Waals surface area (Å²) in [6, 6.07) is 41.1. The molecule has 0 amide bonds. The van der Waals surface area contributed by atoms with E-state index in [1.165, 1.54) is 79.7 Å². The summed E-state index contributed by atoms with van der Waals surface area (Å²) in [5.41, 5.74) is 5.86. The molecule has 2 aliphatic heterocycles. The summed E-state index contributed by atoms with van der Waals surface area (Å²) in [6.07, 6.45) is 11.1. The first-order chi connectivity index (χ1) is 40.5. The molecule has 86 heavy (non-hydrogen) atoms. The van der Waals surface area contributed by atoms with E-state index in [2.05, 4.69) is 164 Å². The Morgan fingerprint density at radius 1 is 0.628 bits per heavy atom. The second kappa shape index (κ2) is 26.2. The van der Waals surface area contributed by atoms with Gasteiger partial charge in [-0.05, 0) is 95.6 Å². The van der Waals surface area contributed by atoms with E-state index in [4.69, 9.17) is 32.1 Å². The maximum atomic E-state index is 12.4. The van der Waals surface area contributed by atoms with Gasteiger partial charge in [0.05, 0.1) is 51.6 Å². The first-order valence-corrected chi connectivity index (χ1v) is 28.9. The number of nitriles is 2. The minimum Gasteiger partial charge on any atom is -0.744 e. The summed E-state index contributed by atoms with van der Waals surface area (Å²) in [4.78, 5) is 31.9. The van der Waals surface area contributed by atoms with E-state index in [-0.39, 0.29) is 40.2 Å². The van der Waals surface area contributed by atoms with Crippen molar-refractivity contribution in [3.8, 4) is 23.6 Å². The third kappa shape index (κ3) is 13.0. The highest BCUT2D eigenvalue weighted by atomic mass is 32.2. The number of anilines is 1. The summed E-state index contributed by atoms with van der Waals surface area (Å²) >= 11 is 0. The Hall–Kier alpha value is -10.2. The van der Waals surface area contributed by atoms with Gasteiger partial charge in [0.1, 0.15) is 65.2 Å². The van der Waals surface area contributed by atoms with Gasteiger partial charge in [0.15, 0.2) is 5.71 Å². The first kappa shape index (κ1) is 63.4. The number of likely N-dealkylation sites (N-methyl/N-ethyl adjacent to an activating group) is 1. The highest BCUT2D eigenvalue weighted by Crippen LogP contribution is 2.50. The second-order valence-corrected chi connectivity index (χ2v) is 23.0. The molecule has 0 bridgehead atoms. The number of nitrogens with zero attached hydrogens (tertiary/aromatic N) is 6. The van der Waals surface area contributed by atoms with Gasteiger partial charge in [0.2, 0.25) is 5.69 Å². The van der Waals surface area contributed by atoms with Gasteiger partial charge in [0, 0.05) is 52.0 Å². The summed E-state index contributed by atoms with van der Waals surface area (Å²) < 4.78 is 92.3. The molecule has 0 saturated carbocycles. The largest absolute Gasteiger partial charge is 0.744 e. The van der Waals surface area contributed by atoms with Gasteiger partial charge in [-0.1, -0.05) is 118 Å². The zero-order chi connectivity index (χ0) is 61.4. The highest BCUT2D eigenvalue weighted by molar-refractivity contribution is 7.86. The maximum Gasteiger partial charge on any atom is 0.339 e. The molecule has 20 heteroatoms. The molecule has 7 aromatic rings. The number of carbonyl (C=O) groups excluding carboxylic acids is 2. The third-order valence-corrected chi connectivity index (χ3v) is 16.2. The van der Waals surface area contributed by atoms with Crippen LogP contribution in [0.2, 0.25) is 0 Å². The van der Waals surface area contributed by atoms with Crippen molar-refractivity contribution >= 4 is 82.2 Å². The zero-order valence-electron chi connectivity index (χ0n) is 46.8. The molecule has 0 unspecified atom stereocenters. The van der Waals surface area contributed by atoms with Crippen LogP contribution in [-0.2, 0) is 40.5 Å². The molecule has 0 aromatic heterocycles. The SMILES string of the molecule is C.CN1\C(=C/C=C/C=C/C2=[N+](C)c3ccc4ccccc4c3C2(C)C)C(C)(C)c2c1ccc1ccccc21.[C-]#[N+]/C(C#N)=c1/cc(OCCOC(=O)c2ccccc2S(=O)(=O)[O-])/c(=C(\C#N)[N+]#[C-])cc1OCCOC(=O)c1ccccc1S(=O)(=O)[O-]. The number of hydrogen-bond acceptors (Lipinski definition) is 15. The lowest BCUT2D eigenvalue weighted by Crippen LogP contribution is -2.26. The Bertz CT molecular complexity index is 4380. The molecule has 7 aromatic carbocycles. The van der Waals surface area contributed by atoms with Gasteiger partial charge in [-0.15, -0.1) is 0 Å². The molecule has 0 saturated heterocycles. The molecule has 9 rings (SSSR count). The van der Waals surface area contributed by atoms with Crippen molar-refractivity contribution in [1.29, 1.82) is 10.5 Å². The van der Waals surface area contributed by atoms with E-state index in [9.17, 15) is 46.1 Å². The predicted molar refractivity (Wildman–Crippen MR) is 324 cm³/mol. The molecule has 2 heterocycles. The molecule has 0 spiro atoms. The van der Waals surface area contributed by atoms with E-state index < -0.39 is 90.9 Å². The fourth-order valence-electron chi connectivity index (χ4n) is 10.6. The number of carbonyl (C=O) groups is 2. The highest BCUT2D eigenvalue weighted by Gasteiger charge is 2.44. The second-order valence-electron chi connectivity index (χ2n) is 20.3. The molecular formula is C66H57N6O12S2-. The Morgan fingerprint density at radius 2 is 1.08 bits per heavy atom. The maximum absolute atomic E-state index is 12.4. The third-order valence-electron chi connectivity index (χ3n) is 14.4. The minimum atomic E-state index is -4.99. The number of rotatable bonds is 15. The normalized spacial score (nSPS) is 15.0. The standard InChI is InChI=1S/C35H35N2.C30H20N4O12S2.CH4/c1-34(2)30(36(5)28-22-20-24-14-10-12-16-26(24)32(28)34)18-8-7-9-19-31-35(3,4)33-27-17-13-11-15-25(27)21-23-29(33)37(31)6;1-33-23(17-31)21-15-26(44-12-14-46-30(36)20-8-4-6-10-28(20)48(40,41)42)22(24(18-32)34-2)16-25(21)43-11-13-45-29(35)19-7-3-5-9-27(19)47(37,38)39;/h7-23H,1-6H3;3-10,15-16H,11-14H2,(H,37,38,39)(H,40,41,42);1H4/q+1;;/p-2/b;23-21-,24-22+;. The molecule has 18 nitrogen and oxygen atoms in total. The smallest absolute Gasteiger partial charge is 0.339 e. The summed E-state index contributed by atoms with van der Waals surface area (Å²) in [5, 5.41) is 24.0. The fraction of sp³-hybridized carbons (Fsp3) is 0.197. The summed E-state index contributed by atoms with van der Waals surface area (Å²) in [6.45, 7) is 22.2. The van der Waals surface area contributed by atoms with Gasteiger partial charge in [-0.2, -0.15) is 4.58 Å². The van der Waals surface area contributed by atoms with Crippen LogP contribution in [0, 0.1) is 35.8 Å². The van der Waals surface area contributed by atoms with E-state index >= 15 is 0 Å². The lowest BCUT2D eigenvalue weighted by atomic mass is 9.79. The molecule has 2 aliphatic rings. The van der Waals surface area contributed by atoms with Crippen molar-refractivity contribution in [1.82, 2.24) is 0 Å². The van der Waals surface area contributed by atoms with Gasteiger partial charge in [-0.3, -0.25) is 0 Å². The van der Waals surface area contributed by atoms with Crippen LogP contribution in [0.15, 0.2) is 179 Å². The predicted octanol–water partition coefficient (Wildman–Crippen LogP) is 10.1. The minimum absolute atomic E-state index is 0. The Balaban J connectivity index is 0.000000250. The van der Waals surface area contributed by atoms with Gasteiger partial charge < -0.3 is 33.0 Å². The Kier molecular flexibility index (Phi) is 19.3. The summed E-state index contributed by atoms with van der Waals surface area (Å²) in [5.74, 6) is -2.75. The van der Waals surface area contributed by atoms with Crippen molar-refractivity contribution in [2.75, 3.05) is 45.4 Å². The van der Waals surface area contributed by atoms with Crippen LogP contribution < -0.4 is 24.8 Å². The molecule has 0 radical (unpaired) electrons. The van der Waals surface area contributed by atoms with Crippen LogP contribution in [0.1, 0.15) is 67.0 Å². The number of esters is 2. The Labute approximate surface area is 499 Å². The van der Waals surface area contributed by atoms with E-state index in [1.807, 2.05) is 0 Å². The molecule has 436 valence electrons. The first-order valence-electron chi connectivity index (χ1n) is 26.1. The monoisotopic (exact) mass is 1190 g/mol. The average molecular weight is 1190 g/mol. The summed E-state index contributed by atoms with van der Waals surface area (Å²) in [7, 11) is -5.62. The van der Waals surface area contributed by atoms with Crippen molar-refractivity contribution in [3.63, 3.8) is 0 Å². The van der Waals surface area contributed by atoms with E-state index in [1.54, 1.807) is 12.1 Å². The zero-order valence-corrected chi connectivity index (χ0v) is 48.4. The van der Waals surface area contributed by atoms with Crippen LogP contribution in [0.25, 0.3) is 42.6 Å². The number of ether oxygens (including phenoxy) is 4. The molecule has 0 N–H and O–H groups in total. The fourth-order valence-corrected chi connectivity index (χ4v) is 12.0. The van der Waals surface area contributed by atoms with Gasteiger partial charge in [0.25, 0.3) is 11.4 Å². The number of fused-ring (bicyclic) bond motifs is 6. The van der Waals surface area contributed by atoms with Gasteiger partial charge >= 0.3 is 11.9 Å². The van der Waals surface area contributed by atoms with Crippen LogP contribution >= 0.6 is 0 Å². The van der Waals surface area contributed by atoms with Crippen molar-refractivity contribution in [3.05, 3.63) is 225 Å². The molecule has 0 atom stereocenters. The lowest BCUT2D eigenvalue weighted by Gasteiger charge is -2.24. The molecule has 0 aliphatic carbocycles. The van der Waals surface area contributed by atoms with Gasteiger partial charge in [-0.25, -0.2) is 46.6 Å². The average Bonchev–Trinajstić information content (AvgIpc) is 1.62. The quantitative estimate of drug-likeness (QED) is 0.0231. The van der Waals surface area contributed by atoms with Crippen LogP contribution in [0.3, 0.4) is 0 Å². The van der Waals surface area contributed by atoms with Crippen molar-refractivity contribution in [2.45, 2.75) is 55.7 Å². The van der Waals surface area contributed by atoms with E-state index in [0.717, 1.165) is 36.4 Å². The van der Waals surface area contributed by atoms with Crippen LogP contribution in [0.4, 0.5) is 11.4 Å². The van der Waals surface area contributed by atoms with Crippen LogP contribution in [-0.4, -0.2) is 88.7 Å². The number of hydrogen-bond donors (Lipinski definition) is 0. The van der Waals surface area contributed by atoms with E-state index in [0.29, 0.717) is 0 Å². The lowest BCUT2D eigenvalue weighted by molar-refractivity contribution is -0.401. The molecular weight excluding hydrogens is 1130 g/mol. The molecule has 0 fully saturated rings. The van der Waals surface area contributed by atoms with Crippen molar-refractivity contribution in [2.24, 2.45) is 0 Å². The topological polar surface area (TPSA) is 248 Å². The Morgan fingerprint density at radius 3 is 1.56 bits per heavy atom. The number of allylic oxidation sites excluding steroid dienone is 6. The van der Waals surface area contributed by atoms with Crippen molar-refractivity contribution < 1.29 is 59.1 Å². The van der Waals surface area contributed by atoms with Crippen LogP contribution in [0.5, 0.6) is 11.5 Å². The number of benzene rings is 7.